The number of anilines is 1. The molecule has 2 amide bonds. The van der Waals surface area contributed by atoms with E-state index < -0.39 is 0 Å². The van der Waals surface area contributed by atoms with Gasteiger partial charge in [0.1, 0.15) is 0 Å². The Balaban J connectivity index is 1.51. The van der Waals surface area contributed by atoms with Gasteiger partial charge in [-0.2, -0.15) is 5.21 Å². The monoisotopic (exact) mass is 340 g/mol. The molecule has 1 aromatic heterocycles. The number of nitrogens with one attached hydrogen (secondary N) is 2. The van der Waals surface area contributed by atoms with Crippen LogP contribution in [0.4, 0.5) is 5.69 Å². The van der Waals surface area contributed by atoms with E-state index in [2.05, 4.69) is 32.5 Å². The van der Waals surface area contributed by atoms with E-state index in [1.807, 2.05) is 24.3 Å². The van der Waals surface area contributed by atoms with Crippen LogP contribution in [0.3, 0.4) is 0 Å². The van der Waals surface area contributed by atoms with Crippen LogP contribution in [-0.2, 0) is 16.0 Å². The zero-order chi connectivity index (χ0) is 17.6. The van der Waals surface area contributed by atoms with Crippen LogP contribution in [0.5, 0.6) is 0 Å². The summed E-state index contributed by atoms with van der Waals surface area (Å²) in [4.78, 5) is 25.7. The van der Waals surface area contributed by atoms with E-state index in [0.29, 0.717) is 38.2 Å². The van der Waals surface area contributed by atoms with Crippen molar-refractivity contribution in [2.24, 2.45) is 5.92 Å². The van der Waals surface area contributed by atoms with E-state index in [1.54, 1.807) is 4.90 Å². The molecule has 1 fully saturated rings. The van der Waals surface area contributed by atoms with E-state index in [4.69, 9.17) is 0 Å². The summed E-state index contributed by atoms with van der Waals surface area (Å²) < 4.78 is 0. The van der Waals surface area contributed by atoms with Gasteiger partial charge < -0.3 is 10.2 Å². The van der Waals surface area contributed by atoms with Crippen molar-refractivity contribution in [3.05, 3.63) is 48.3 Å². The first-order valence-electron chi connectivity index (χ1n) is 8.19. The summed E-state index contributed by atoms with van der Waals surface area (Å²) in [5.41, 5.74) is 1.79. The second-order valence-corrected chi connectivity index (χ2v) is 5.99. The highest BCUT2D eigenvalue weighted by molar-refractivity contribution is 5.93. The molecular formula is C17H20N6O2. The molecule has 0 aliphatic carbocycles. The van der Waals surface area contributed by atoms with Gasteiger partial charge in [-0.25, -0.2) is 0 Å². The van der Waals surface area contributed by atoms with Crippen LogP contribution < -0.4 is 5.32 Å². The van der Waals surface area contributed by atoms with Gasteiger partial charge in [-0.1, -0.05) is 23.9 Å². The van der Waals surface area contributed by atoms with Gasteiger partial charge in [0.15, 0.2) is 5.82 Å². The number of rotatable bonds is 5. The number of amides is 2. The van der Waals surface area contributed by atoms with Crippen molar-refractivity contribution in [2.45, 2.75) is 19.3 Å². The minimum absolute atomic E-state index is 0.00313. The lowest BCUT2D eigenvalue weighted by atomic mass is 9.95. The molecule has 8 heteroatoms. The Morgan fingerprint density at radius 1 is 1.28 bits per heavy atom. The predicted octanol–water partition coefficient (Wildman–Crippen LogP) is 1.15. The number of nitrogens with zero attached hydrogens (tertiary/aromatic N) is 4. The number of aromatic nitrogens is 4. The number of aromatic amines is 1. The molecule has 2 heterocycles. The molecule has 8 nitrogen and oxygen atoms in total. The van der Waals surface area contributed by atoms with Crippen molar-refractivity contribution in [2.75, 3.05) is 18.4 Å². The standard InChI is InChI=1S/C17H20N6O2/c1-2-16(24)23-9-7-13(8-10-23)17(25)18-14-5-3-12(4-6-14)11-15-19-21-22-20-15/h2-6,13H,1,7-11H2,(H,18,25)(H,19,20,21,22). The Morgan fingerprint density at radius 2 is 2.00 bits per heavy atom. The first-order valence-corrected chi connectivity index (χ1v) is 8.19. The third-order valence-corrected chi connectivity index (χ3v) is 4.32. The van der Waals surface area contributed by atoms with Crippen LogP contribution in [0.25, 0.3) is 0 Å². The van der Waals surface area contributed by atoms with Gasteiger partial charge in [0, 0.05) is 31.1 Å². The predicted molar refractivity (Wildman–Crippen MR) is 91.6 cm³/mol. The van der Waals surface area contributed by atoms with Gasteiger partial charge >= 0.3 is 0 Å². The number of tetrazole rings is 1. The number of hydrogen-bond acceptors (Lipinski definition) is 5. The quantitative estimate of drug-likeness (QED) is 0.795. The lowest BCUT2D eigenvalue weighted by molar-refractivity contribution is -0.130. The minimum atomic E-state index is -0.0760. The molecule has 0 bridgehead atoms. The van der Waals surface area contributed by atoms with E-state index in [9.17, 15) is 9.59 Å². The van der Waals surface area contributed by atoms with E-state index in [0.717, 1.165) is 11.3 Å². The number of piperidine rings is 1. The molecule has 0 radical (unpaired) electrons. The van der Waals surface area contributed by atoms with Crippen LogP contribution in [0.2, 0.25) is 0 Å². The topological polar surface area (TPSA) is 104 Å². The highest BCUT2D eigenvalue weighted by atomic mass is 16.2. The Bertz CT molecular complexity index is 733. The summed E-state index contributed by atoms with van der Waals surface area (Å²) in [6, 6.07) is 7.59. The van der Waals surface area contributed by atoms with E-state index in [-0.39, 0.29) is 17.7 Å². The molecular weight excluding hydrogens is 320 g/mol. The third-order valence-electron chi connectivity index (χ3n) is 4.32. The van der Waals surface area contributed by atoms with Crippen molar-refractivity contribution in [3.63, 3.8) is 0 Å². The number of likely N-dealkylation sites (tertiary alicyclic amines) is 1. The lowest BCUT2D eigenvalue weighted by Gasteiger charge is -2.30. The number of hydrogen-bond donors (Lipinski definition) is 2. The highest BCUT2D eigenvalue weighted by Crippen LogP contribution is 2.20. The highest BCUT2D eigenvalue weighted by Gasteiger charge is 2.26. The fourth-order valence-corrected chi connectivity index (χ4v) is 2.88. The molecule has 1 aliphatic rings. The van der Waals surface area contributed by atoms with Crippen LogP contribution in [0, 0.1) is 5.92 Å². The van der Waals surface area contributed by atoms with Crippen molar-refractivity contribution >= 4 is 17.5 Å². The molecule has 25 heavy (non-hydrogen) atoms. The third kappa shape index (κ3) is 4.28. The summed E-state index contributed by atoms with van der Waals surface area (Å²) in [5.74, 6) is 0.471. The summed E-state index contributed by atoms with van der Waals surface area (Å²) in [6.45, 7) is 4.67. The molecule has 0 atom stereocenters. The second-order valence-electron chi connectivity index (χ2n) is 5.99. The molecule has 0 saturated carbocycles. The maximum Gasteiger partial charge on any atom is 0.245 e. The number of H-pyrrole nitrogens is 1. The summed E-state index contributed by atoms with van der Waals surface area (Å²) in [5, 5.41) is 16.7. The van der Waals surface area contributed by atoms with Crippen molar-refractivity contribution in [3.8, 4) is 0 Å². The normalized spacial score (nSPS) is 15.0. The molecule has 1 saturated heterocycles. The van der Waals surface area contributed by atoms with Crippen molar-refractivity contribution in [1.82, 2.24) is 25.5 Å². The average molecular weight is 340 g/mol. The van der Waals surface area contributed by atoms with Crippen LogP contribution in [-0.4, -0.2) is 50.4 Å². The Morgan fingerprint density at radius 3 is 2.60 bits per heavy atom. The van der Waals surface area contributed by atoms with E-state index >= 15 is 0 Å². The molecule has 2 N–H and O–H groups in total. The zero-order valence-corrected chi connectivity index (χ0v) is 13.8. The molecule has 0 unspecified atom stereocenters. The molecule has 1 aliphatic heterocycles. The Kier molecular flexibility index (Phi) is 5.17. The van der Waals surface area contributed by atoms with Gasteiger partial charge in [0.2, 0.25) is 11.8 Å². The maximum atomic E-state index is 12.4. The van der Waals surface area contributed by atoms with Gasteiger partial charge in [0.25, 0.3) is 0 Å². The fourth-order valence-electron chi connectivity index (χ4n) is 2.88. The molecule has 3 rings (SSSR count). The first-order chi connectivity index (χ1) is 12.2. The van der Waals surface area contributed by atoms with Crippen molar-refractivity contribution in [1.29, 1.82) is 0 Å². The fraction of sp³-hybridized carbons (Fsp3) is 0.353. The molecule has 2 aromatic rings. The lowest BCUT2D eigenvalue weighted by Crippen LogP contribution is -2.40. The average Bonchev–Trinajstić information content (AvgIpc) is 3.16. The second kappa shape index (κ2) is 7.69. The van der Waals surface area contributed by atoms with Gasteiger partial charge in [-0.15, -0.1) is 10.2 Å². The summed E-state index contributed by atoms with van der Waals surface area (Å²) >= 11 is 0. The van der Waals surface area contributed by atoms with E-state index in [1.165, 1.54) is 6.08 Å². The molecule has 130 valence electrons. The van der Waals surface area contributed by atoms with Crippen molar-refractivity contribution < 1.29 is 9.59 Å². The summed E-state index contributed by atoms with van der Waals surface area (Å²) in [6.07, 6.45) is 3.24. The van der Waals surface area contributed by atoms with Crippen LogP contribution in [0.1, 0.15) is 24.2 Å². The molecule has 1 aromatic carbocycles. The Hall–Kier alpha value is -3.03. The van der Waals surface area contributed by atoms with Crippen LogP contribution >= 0.6 is 0 Å². The molecule has 0 spiro atoms. The largest absolute Gasteiger partial charge is 0.339 e. The maximum absolute atomic E-state index is 12.4. The number of carbonyl (C=O) groups excluding carboxylic acids is 2. The van der Waals surface area contributed by atoms with Crippen LogP contribution in [0.15, 0.2) is 36.9 Å². The Labute approximate surface area is 145 Å². The van der Waals surface area contributed by atoms with Gasteiger partial charge in [-0.3, -0.25) is 9.59 Å². The smallest absolute Gasteiger partial charge is 0.245 e. The summed E-state index contributed by atoms with van der Waals surface area (Å²) in [7, 11) is 0. The SMILES string of the molecule is C=CC(=O)N1CCC(C(=O)Nc2ccc(Cc3nn[nH]n3)cc2)CC1. The van der Waals surface area contributed by atoms with Gasteiger partial charge in [-0.05, 0) is 36.6 Å². The van der Waals surface area contributed by atoms with Gasteiger partial charge in [0.05, 0.1) is 0 Å². The minimum Gasteiger partial charge on any atom is -0.339 e. The zero-order valence-electron chi connectivity index (χ0n) is 13.8. The first kappa shape index (κ1) is 16.8. The number of benzene rings is 1. The number of carbonyl (C=O) groups is 2.